The van der Waals surface area contributed by atoms with E-state index in [2.05, 4.69) is 17.4 Å². The Kier molecular flexibility index (Phi) is 5.04. The van der Waals surface area contributed by atoms with E-state index >= 15 is 0 Å². The van der Waals surface area contributed by atoms with E-state index in [0.717, 1.165) is 16.0 Å². The summed E-state index contributed by atoms with van der Waals surface area (Å²) < 4.78 is 19.0. The Labute approximate surface area is 123 Å². The van der Waals surface area contributed by atoms with Crippen molar-refractivity contribution in [2.45, 2.75) is 10.9 Å². The molecule has 0 heterocycles. The summed E-state index contributed by atoms with van der Waals surface area (Å²) in [4.78, 5) is 1.16. The molecule has 1 unspecified atom stereocenters. The molecule has 0 amide bonds. The summed E-state index contributed by atoms with van der Waals surface area (Å²) in [7, 11) is 3.47. The summed E-state index contributed by atoms with van der Waals surface area (Å²) in [6, 6.07) is 12.6. The molecular weight excluding hydrogens is 273 g/mol. The first-order chi connectivity index (χ1) is 9.71. The molecule has 0 saturated heterocycles. The number of rotatable bonds is 5. The molecule has 2 aromatic rings. The van der Waals surface area contributed by atoms with Crippen LogP contribution in [0.1, 0.15) is 17.2 Å². The predicted molar refractivity (Wildman–Crippen MR) is 82.1 cm³/mol. The van der Waals surface area contributed by atoms with Crippen molar-refractivity contribution >= 4 is 11.8 Å². The van der Waals surface area contributed by atoms with Gasteiger partial charge < -0.3 is 10.1 Å². The molecule has 0 bridgehead atoms. The molecule has 0 aliphatic rings. The molecule has 0 saturated carbocycles. The average molecular weight is 291 g/mol. The van der Waals surface area contributed by atoms with Crippen molar-refractivity contribution in [3.8, 4) is 5.75 Å². The van der Waals surface area contributed by atoms with E-state index < -0.39 is 0 Å². The van der Waals surface area contributed by atoms with Crippen molar-refractivity contribution in [1.29, 1.82) is 0 Å². The first-order valence-corrected chi connectivity index (χ1v) is 7.57. The molecule has 4 heteroatoms. The lowest BCUT2D eigenvalue weighted by Crippen LogP contribution is -2.19. The van der Waals surface area contributed by atoms with Crippen molar-refractivity contribution in [2.75, 3.05) is 20.4 Å². The smallest absolute Gasteiger partial charge is 0.124 e. The van der Waals surface area contributed by atoms with Crippen LogP contribution < -0.4 is 10.1 Å². The monoisotopic (exact) mass is 291 g/mol. The van der Waals surface area contributed by atoms with Crippen LogP contribution in [0.2, 0.25) is 0 Å². The van der Waals surface area contributed by atoms with E-state index in [1.54, 1.807) is 24.9 Å². The number of nitrogens with one attached hydrogen (secondary N) is 1. The van der Waals surface area contributed by atoms with Crippen molar-refractivity contribution in [3.05, 3.63) is 59.4 Å². The minimum absolute atomic E-state index is 0.107. The van der Waals surface area contributed by atoms with Gasteiger partial charge in [-0.15, -0.1) is 11.8 Å². The highest BCUT2D eigenvalue weighted by Gasteiger charge is 2.19. The topological polar surface area (TPSA) is 21.3 Å². The van der Waals surface area contributed by atoms with Gasteiger partial charge in [0.05, 0.1) is 13.2 Å². The SMILES string of the molecule is CNC(c1cc(F)ccc1OC)c1ccccc1SC. The molecule has 1 N–H and O–H groups in total. The van der Waals surface area contributed by atoms with Crippen LogP contribution in [-0.4, -0.2) is 20.4 Å². The highest BCUT2D eigenvalue weighted by molar-refractivity contribution is 7.98. The lowest BCUT2D eigenvalue weighted by atomic mass is 9.97. The van der Waals surface area contributed by atoms with Gasteiger partial charge in [-0.3, -0.25) is 0 Å². The van der Waals surface area contributed by atoms with Crippen molar-refractivity contribution in [2.24, 2.45) is 0 Å². The van der Waals surface area contributed by atoms with E-state index in [4.69, 9.17) is 4.74 Å². The zero-order valence-corrected chi connectivity index (χ0v) is 12.6. The maximum absolute atomic E-state index is 13.6. The summed E-state index contributed by atoms with van der Waals surface area (Å²) in [6.07, 6.45) is 2.04. The van der Waals surface area contributed by atoms with Gasteiger partial charge in [0.2, 0.25) is 0 Å². The molecule has 1 atom stereocenters. The molecule has 0 aliphatic heterocycles. The number of hydrogen-bond donors (Lipinski definition) is 1. The normalized spacial score (nSPS) is 12.2. The zero-order valence-electron chi connectivity index (χ0n) is 11.8. The molecule has 2 rings (SSSR count). The first-order valence-electron chi connectivity index (χ1n) is 6.35. The van der Waals surface area contributed by atoms with Crippen LogP contribution in [0.5, 0.6) is 5.75 Å². The maximum Gasteiger partial charge on any atom is 0.124 e. The second kappa shape index (κ2) is 6.77. The van der Waals surface area contributed by atoms with Crippen molar-refractivity contribution in [1.82, 2.24) is 5.32 Å². The highest BCUT2D eigenvalue weighted by Crippen LogP contribution is 2.34. The maximum atomic E-state index is 13.6. The van der Waals surface area contributed by atoms with Crippen molar-refractivity contribution in [3.63, 3.8) is 0 Å². The molecule has 20 heavy (non-hydrogen) atoms. The van der Waals surface area contributed by atoms with E-state index in [-0.39, 0.29) is 11.9 Å². The van der Waals surface area contributed by atoms with E-state index in [0.29, 0.717) is 5.75 Å². The van der Waals surface area contributed by atoms with Crippen LogP contribution in [0.3, 0.4) is 0 Å². The Balaban J connectivity index is 2.55. The Morgan fingerprint density at radius 1 is 1.15 bits per heavy atom. The van der Waals surface area contributed by atoms with Crippen LogP contribution in [0.15, 0.2) is 47.4 Å². The Bertz CT molecular complexity index is 588. The van der Waals surface area contributed by atoms with Crippen LogP contribution in [0, 0.1) is 5.82 Å². The number of methoxy groups -OCH3 is 1. The lowest BCUT2D eigenvalue weighted by Gasteiger charge is -2.22. The number of benzene rings is 2. The number of ether oxygens (including phenoxy) is 1. The Morgan fingerprint density at radius 3 is 2.55 bits per heavy atom. The molecule has 0 aromatic heterocycles. The van der Waals surface area contributed by atoms with Gasteiger partial charge in [-0.25, -0.2) is 4.39 Å². The van der Waals surface area contributed by atoms with E-state index in [1.165, 1.54) is 12.1 Å². The second-order valence-electron chi connectivity index (χ2n) is 4.35. The molecule has 0 fully saturated rings. The van der Waals surface area contributed by atoms with Gasteiger partial charge in [0, 0.05) is 10.5 Å². The third kappa shape index (κ3) is 2.97. The average Bonchev–Trinajstić information content (AvgIpc) is 2.49. The fraction of sp³-hybridized carbons (Fsp3) is 0.250. The molecular formula is C16H18FNOS. The largest absolute Gasteiger partial charge is 0.496 e. The summed E-state index contributed by atoms with van der Waals surface area (Å²) in [5.74, 6) is 0.421. The zero-order chi connectivity index (χ0) is 14.5. The van der Waals surface area contributed by atoms with Gasteiger partial charge in [0.25, 0.3) is 0 Å². The van der Waals surface area contributed by atoms with Gasteiger partial charge in [-0.2, -0.15) is 0 Å². The molecule has 2 aromatic carbocycles. The van der Waals surface area contributed by atoms with Crippen molar-refractivity contribution < 1.29 is 9.13 Å². The minimum Gasteiger partial charge on any atom is -0.496 e. The summed E-state index contributed by atoms with van der Waals surface area (Å²) in [6.45, 7) is 0. The number of thioether (sulfide) groups is 1. The minimum atomic E-state index is -0.261. The Hall–Kier alpha value is -1.52. The standard InChI is InChI=1S/C16H18FNOS/c1-18-16(12-6-4-5-7-15(12)20-3)13-10-11(17)8-9-14(13)19-2/h4-10,16,18H,1-3H3. The van der Waals surface area contributed by atoms with Crippen LogP contribution in [0.25, 0.3) is 0 Å². The summed E-state index contributed by atoms with van der Waals surface area (Å²) >= 11 is 1.68. The number of halogens is 1. The van der Waals surface area contributed by atoms with Gasteiger partial charge >= 0.3 is 0 Å². The van der Waals surface area contributed by atoms with Crippen LogP contribution in [-0.2, 0) is 0 Å². The quantitative estimate of drug-likeness (QED) is 0.845. The molecule has 0 radical (unpaired) electrons. The van der Waals surface area contributed by atoms with E-state index in [9.17, 15) is 4.39 Å². The lowest BCUT2D eigenvalue weighted by molar-refractivity contribution is 0.403. The molecule has 0 spiro atoms. The number of hydrogen-bond acceptors (Lipinski definition) is 3. The third-order valence-corrected chi connectivity index (χ3v) is 4.05. The summed E-state index contributed by atoms with van der Waals surface area (Å²) in [5.41, 5.74) is 1.92. The third-order valence-electron chi connectivity index (χ3n) is 3.24. The van der Waals surface area contributed by atoms with E-state index in [1.807, 2.05) is 25.4 Å². The molecule has 2 nitrogen and oxygen atoms in total. The van der Waals surface area contributed by atoms with Gasteiger partial charge in [-0.1, -0.05) is 18.2 Å². The first kappa shape index (κ1) is 14.9. The fourth-order valence-electron chi connectivity index (χ4n) is 2.31. The van der Waals surface area contributed by atoms with Gasteiger partial charge in [0.1, 0.15) is 11.6 Å². The molecule has 106 valence electrons. The fourth-order valence-corrected chi connectivity index (χ4v) is 2.95. The van der Waals surface area contributed by atoms with Gasteiger partial charge in [-0.05, 0) is 43.1 Å². The second-order valence-corrected chi connectivity index (χ2v) is 5.20. The highest BCUT2D eigenvalue weighted by atomic mass is 32.2. The van der Waals surface area contributed by atoms with Crippen LogP contribution in [0.4, 0.5) is 4.39 Å². The van der Waals surface area contributed by atoms with Crippen LogP contribution >= 0.6 is 11.8 Å². The Morgan fingerprint density at radius 2 is 1.90 bits per heavy atom. The summed E-state index contributed by atoms with van der Waals surface area (Å²) in [5, 5.41) is 3.25. The molecule has 0 aliphatic carbocycles. The van der Waals surface area contributed by atoms with Gasteiger partial charge in [0.15, 0.2) is 0 Å². The predicted octanol–water partition coefficient (Wildman–Crippen LogP) is 3.87.